The highest BCUT2D eigenvalue weighted by atomic mass is 16.2. The molecule has 0 aliphatic carbocycles. The lowest BCUT2D eigenvalue weighted by atomic mass is 9.97. The molecule has 1 atom stereocenters. The van der Waals surface area contributed by atoms with E-state index in [-0.39, 0.29) is 24.9 Å². The molecule has 0 aromatic heterocycles. The highest BCUT2D eigenvalue weighted by Gasteiger charge is 2.24. The maximum absolute atomic E-state index is 12.4. The fourth-order valence-electron chi connectivity index (χ4n) is 3.54. The first-order chi connectivity index (χ1) is 13.1. The molecule has 1 aliphatic rings. The van der Waals surface area contributed by atoms with E-state index >= 15 is 0 Å². The number of para-hydroxylation sites is 2. The van der Waals surface area contributed by atoms with Gasteiger partial charge in [0.25, 0.3) is 0 Å². The zero-order valence-electron chi connectivity index (χ0n) is 16.0. The number of hydrogen-bond acceptors (Lipinski definition) is 3. The van der Waals surface area contributed by atoms with Gasteiger partial charge in [0.2, 0.25) is 11.8 Å². The molecule has 3 rings (SSSR count). The third-order valence-corrected chi connectivity index (χ3v) is 5.10. The minimum absolute atomic E-state index is 0.0270. The van der Waals surface area contributed by atoms with Crippen LogP contribution in [0, 0.1) is 0 Å². The van der Waals surface area contributed by atoms with Gasteiger partial charge in [0.1, 0.15) is 0 Å². The third-order valence-electron chi connectivity index (χ3n) is 5.10. The van der Waals surface area contributed by atoms with Crippen LogP contribution in [0.25, 0.3) is 0 Å². The van der Waals surface area contributed by atoms with E-state index < -0.39 is 0 Å². The Bertz CT molecular complexity index is 819. The maximum atomic E-state index is 12.4. The zero-order chi connectivity index (χ0) is 19.2. The van der Waals surface area contributed by atoms with Gasteiger partial charge in [0, 0.05) is 17.4 Å². The summed E-state index contributed by atoms with van der Waals surface area (Å²) in [5, 5.41) is 5.62. The Morgan fingerprint density at radius 2 is 1.81 bits per heavy atom. The van der Waals surface area contributed by atoms with E-state index in [1.807, 2.05) is 43.3 Å². The molecule has 1 aliphatic heterocycles. The Morgan fingerprint density at radius 3 is 2.63 bits per heavy atom. The predicted octanol–water partition coefficient (Wildman–Crippen LogP) is 3.15. The second kappa shape index (κ2) is 8.71. The van der Waals surface area contributed by atoms with Gasteiger partial charge in [-0.2, -0.15) is 0 Å². The number of fused-ring (bicyclic) bond motifs is 1. The molecule has 2 N–H and O–H groups in total. The maximum Gasteiger partial charge on any atom is 0.243 e. The van der Waals surface area contributed by atoms with Crippen LogP contribution in [0.15, 0.2) is 48.5 Å². The van der Waals surface area contributed by atoms with E-state index in [1.54, 1.807) is 0 Å². The number of aryl methyl sites for hydroxylation is 2. The highest BCUT2D eigenvalue weighted by molar-refractivity contribution is 5.95. The van der Waals surface area contributed by atoms with Crippen molar-refractivity contribution in [3.8, 4) is 0 Å². The summed E-state index contributed by atoms with van der Waals surface area (Å²) >= 11 is 0. The SMILES string of the molecule is CCc1ccccc1NC(=O)CNC(=O)CN1c2ccccc2CC[C@H]1C. The lowest BCUT2D eigenvalue weighted by molar-refractivity contribution is -0.123. The largest absolute Gasteiger partial charge is 0.359 e. The topological polar surface area (TPSA) is 61.4 Å². The second-order valence-electron chi connectivity index (χ2n) is 6.98. The summed E-state index contributed by atoms with van der Waals surface area (Å²) in [4.78, 5) is 26.7. The number of anilines is 2. The second-order valence-corrected chi connectivity index (χ2v) is 6.98. The van der Waals surface area contributed by atoms with Crippen molar-refractivity contribution in [2.24, 2.45) is 0 Å². The van der Waals surface area contributed by atoms with E-state index in [4.69, 9.17) is 0 Å². The molecule has 2 aromatic rings. The minimum Gasteiger partial charge on any atom is -0.359 e. The van der Waals surface area contributed by atoms with Crippen molar-refractivity contribution in [1.82, 2.24) is 5.32 Å². The molecule has 2 aromatic carbocycles. The van der Waals surface area contributed by atoms with E-state index in [0.29, 0.717) is 6.04 Å². The number of nitrogens with one attached hydrogen (secondary N) is 2. The lowest BCUT2D eigenvalue weighted by Gasteiger charge is -2.36. The van der Waals surface area contributed by atoms with Crippen molar-refractivity contribution < 1.29 is 9.59 Å². The molecule has 0 unspecified atom stereocenters. The van der Waals surface area contributed by atoms with Crippen molar-refractivity contribution in [3.05, 3.63) is 59.7 Å². The van der Waals surface area contributed by atoms with Crippen molar-refractivity contribution in [2.75, 3.05) is 23.3 Å². The fourth-order valence-corrected chi connectivity index (χ4v) is 3.54. The number of hydrogen-bond donors (Lipinski definition) is 2. The summed E-state index contributed by atoms with van der Waals surface area (Å²) in [5.41, 5.74) is 4.28. The molecule has 27 heavy (non-hydrogen) atoms. The summed E-state index contributed by atoms with van der Waals surface area (Å²) in [6.07, 6.45) is 2.91. The standard InChI is InChI=1S/C22H27N3O2/c1-3-17-8-4-6-10-19(17)24-21(26)14-23-22(27)15-25-16(2)12-13-18-9-5-7-11-20(18)25/h4-11,16H,3,12-15H2,1-2H3,(H,23,27)(H,24,26)/t16-/m1/s1. The molecule has 2 amide bonds. The average Bonchev–Trinajstić information content (AvgIpc) is 2.69. The molecular weight excluding hydrogens is 338 g/mol. The Kier molecular flexibility index (Phi) is 6.12. The van der Waals surface area contributed by atoms with Crippen LogP contribution < -0.4 is 15.5 Å². The van der Waals surface area contributed by atoms with Crippen LogP contribution in [-0.2, 0) is 22.4 Å². The number of amides is 2. The monoisotopic (exact) mass is 365 g/mol. The summed E-state index contributed by atoms with van der Waals surface area (Å²) in [7, 11) is 0. The molecular formula is C22H27N3O2. The van der Waals surface area contributed by atoms with Crippen molar-refractivity contribution in [2.45, 2.75) is 39.2 Å². The van der Waals surface area contributed by atoms with E-state index in [1.165, 1.54) is 5.56 Å². The van der Waals surface area contributed by atoms with Gasteiger partial charge >= 0.3 is 0 Å². The molecule has 0 radical (unpaired) electrons. The summed E-state index contributed by atoms with van der Waals surface area (Å²) < 4.78 is 0. The smallest absolute Gasteiger partial charge is 0.243 e. The minimum atomic E-state index is -0.212. The van der Waals surface area contributed by atoms with Crippen molar-refractivity contribution >= 4 is 23.2 Å². The predicted molar refractivity (Wildman–Crippen MR) is 109 cm³/mol. The summed E-state index contributed by atoms with van der Waals surface area (Å²) in [6.45, 7) is 4.42. The van der Waals surface area contributed by atoms with Crippen LogP contribution in [-0.4, -0.2) is 30.9 Å². The van der Waals surface area contributed by atoms with Gasteiger partial charge in [-0.1, -0.05) is 43.3 Å². The lowest BCUT2D eigenvalue weighted by Crippen LogP contribution is -2.45. The molecule has 142 valence electrons. The molecule has 0 fully saturated rings. The zero-order valence-corrected chi connectivity index (χ0v) is 16.0. The number of rotatable bonds is 6. The van der Waals surface area contributed by atoms with Gasteiger partial charge in [-0.25, -0.2) is 0 Å². The third kappa shape index (κ3) is 4.67. The van der Waals surface area contributed by atoms with Crippen LogP contribution in [0.3, 0.4) is 0 Å². The highest BCUT2D eigenvalue weighted by Crippen LogP contribution is 2.29. The molecule has 0 saturated heterocycles. The van der Waals surface area contributed by atoms with Crippen LogP contribution in [0.4, 0.5) is 11.4 Å². The Morgan fingerprint density at radius 1 is 1.07 bits per heavy atom. The van der Waals surface area contributed by atoms with E-state index in [2.05, 4.69) is 34.6 Å². The first kappa shape index (κ1) is 19.0. The van der Waals surface area contributed by atoms with Crippen LogP contribution in [0.2, 0.25) is 0 Å². The molecule has 0 bridgehead atoms. The fraction of sp³-hybridized carbons (Fsp3) is 0.364. The first-order valence-electron chi connectivity index (χ1n) is 9.57. The molecule has 5 nitrogen and oxygen atoms in total. The van der Waals surface area contributed by atoms with Gasteiger partial charge in [0.05, 0.1) is 13.1 Å². The van der Waals surface area contributed by atoms with Crippen LogP contribution >= 0.6 is 0 Å². The van der Waals surface area contributed by atoms with Crippen molar-refractivity contribution in [1.29, 1.82) is 0 Å². The molecule has 5 heteroatoms. The van der Waals surface area contributed by atoms with Gasteiger partial charge in [-0.3, -0.25) is 9.59 Å². The number of carbonyl (C=O) groups is 2. The van der Waals surface area contributed by atoms with Crippen LogP contribution in [0.5, 0.6) is 0 Å². The molecule has 0 spiro atoms. The summed E-state index contributed by atoms with van der Waals surface area (Å²) in [5.74, 6) is -0.353. The Labute approximate surface area is 160 Å². The van der Waals surface area contributed by atoms with Gasteiger partial charge < -0.3 is 15.5 Å². The molecule has 0 saturated carbocycles. The quantitative estimate of drug-likeness (QED) is 0.827. The van der Waals surface area contributed by atoms with E-state index in [0.717, 1.165) is 36.2 Å². The first-order valence-corrected chi connectivity index (χ1v) is 9.57. The summed E-state index contributed by atoms with van der Waals surface area (Å²) in [6, 6.07) is 16.2. The molecule has 1 heterocycles. The number of nitrogens with zero attached hydrogens (tertiary/aromatic N) is 1. The van der Waals surface area contributed by atoms with Gasteiger partial charge in [-0.15, -0.1) is 0 Å². The number of benzene rings is 2. The van der Waals surface area contributed by atoms with Crippen molar-refractivity contribution in [3.63, 3.8) is 0 Å². The van der Waals surface area contributed by atoms with Gasteiger partial charge in [-0.05, 0) is 49.4 Å². The number of carbonyl (C=O) groups excluding carboxylic acids is 2. The van der Waals surface area contributed by atoms with Gasteiger partial charge in [0.15, 0.2) is 0 Å². The average molecular weight is 365 g/mol. The van der Waals surface area contributed by atoms with E-state index in [9.17, 15) is 9.59 Å². The van der Waals surface area contributed by atoms with Crippen LogP contribution in [0.1, 0.15) is 31.4 Å². The Hall–Kier alpha value is -2.82. The Balaban J connectivity index is 1.55. The normalized spacial score (nSPS) is 15.8.